The number of likely N-dealkylation sites (tertiary alicyclic amines) is 1. The molecule has 1 unspecified atom stereocenters. The quantitative estimate of drug-likeness (QED) is 0.820. The molecule has 0 bridgehead atoms. The van der Waals surface area contributed by atoms with Gasteiger partial charge in [-0.1, -0.05) is 23.7 Å². The summed E-state index contributed by atoms with van der Waals surface area (Å²) in [7, 11) is 0. The zero-order chi connectivity index (χ0) is 14.8. The number of carbonyl (C=O) groups is 1. The van der Waals surface area contributed by atoms with Crippen molar-refractivity contribution in [3.63, 3.8) is 0 Å². The molecule has 0 N–H and O–H groups in total. The number of hydrogen-bond donors (Lipinski definition) is 0. The van der Waals surface area contributed by atoms with E-state index < -0.39 is 5.60 Å². The molecular weight excluding hydrogens is 274 g/mol. The molecule has 20 heavy (non-hydrogen) atoms. The lowest BCUT2D eigenvalue weighted by molar-refractivity contribution is 0.0288. The number of halogens is 1. The third kappa shape index (κ3) is 4.41. The van der Waals surface area contributed by atoms with Crippen molar-refractivity contribution >= 4 is 17.7 Å². The van der Waals surface area contributed by atoms with Gasteiger partial charge < -0.3 is 9.64 Å². The van der Waals surface area contributed by atoms with E-state index in [0.717, 1.165) is 31.0 Å². The van der Waals surface area contributed by atoms with Gasteiger partial charge in [0, 0.05) is 18.1 Å². The fraction of sp³-hybridized carbons (Fsp3) is 0.562. The largest absolute Gasteiger partial charge is 0.444 e. The average Bonchev–Trinajstić information content (AvgIpc) is 2.79. The molecule has 1 aromatic rings. The first kappa shape index (κ1) is 15.2. The Morgan fingerprint density at radius 1 is 1.35 bits per heavy atom. The molecule has 1 aromatic carbocycles. The maximum absolute atomic E-state index is 12.0. The third-order valence-corrected chi connectivity index (χ3v) is 3.63. The minimum Gasteiger partial charge on any atom is -0.444 e. The van der Waals surface area contributed by atoms with Gasteiger partial charge in [0.25, 0.3) is 0 Å². The van der Waals surface area contributed by atoms with Gasteiger partial charge in [-0.3, -0.25) is 0 Å². The minimum absolute atomic E-state index is 0.198. The van der Waals surface area contributed by atoms with Gasteiger partial charge in [0.2, 0.25) is 0 Å². The fourth-order valence-corrected chi connectivity index (χ4v) is 2.57. The van der Waals surface area contributed by atoms with Crippen molar-refractivity contribution < 1.29 is 9.53 Å². The lowest BCUT2D eigenvalue weighted by atomic mass is 9.99. The zero-order valence-electron chi connectivity index (χ0n) is 12.4. The van der Waals surface area contributed by atoms with Crippen LogP contribution in [0.5, 0.6) is 0 Å². The summed E-state index contributed by atoms with van der Waals surface area (Å²) in [6.45, 7) is 7.25. The van der Waals surface area contributed by atoms with Gasteiger partial charge in [0.15, 0.2) is 0 Å². The molecule has 110 valence electrons. The van der Waals surface area contributed by atoms with Gasteiger partial charge in [0.1, 0.15) is 5.60 Å². The van der Waals surface area contributed by atoms with E-state index >= 15 is 0 Å². The summed E-state index contributed by atoms with van der Waals surface area (Å²) in [6, 6.07) is 7.94. The van der Waals surface area contributed by atoms with E-state index in [9.17, 15) is 4.79 Å². The smallest absolute Gasteiger partial charge is 0.410 e. The number of amides is 1. The second-order valence-electron chi connectivity index (χ2n) is 6.41. The molecule has 0 aromatic heterocycles. The normalized spacial score (nSPS) is 19.2. The molecule has 1 atom stereocenters. The van der Waals surface area contributed by atoms with Gasteiger partial charge in [-0.15, -0.1) is 0 Å². The van der Waals surface area contributed by atoms with E-state index in [0.29, 0.717) is 5.92 Å². The molecular formula is C16H22ClNO2. The Labute approximate surface area is 125 Å². The highest BCUT2D eigenvalue weighted by Gasteiger charge is 2.29. The topological polar surface area (TPSA) is 29.5 Å². The number of ether oxygens (including phenoxy) is 1. The van der Waals surface area contributed by atoms with Crippen LogP contribution in [-0.2, 0) is 11.2 Å². The van der Waals surface area contributed by atoms with Crippen LogP contribution in [0.4, 0.5) is 4.79 Å². The first-order chi connectivity index (χ1) is 9.33. The minimum atomic E-state index is -0.425. The summed E-state index contributed by atoms with van der Waals surface area (Å²) in [6.07, 6.45) is 1.81. The summed E-state index contributed by atoms with van der Waals surface area (Å²) in [5.74, 6) is 0.503. The second-order valence-corrected chi connectivity index (χ2v) is 6.85. The molecule has 1 aliphatic rings. The molecule has 0 spiro atoms. The fourth-order valence-electron chi connectivity index (χ4n) is 2.45. The molecule has 0 saturated carbocycles. The first-order valence-corrected chi connectivity index (χ1v) is 7.44. The van der Waals surface area contributed by atoms with Crippen molar-refractivity contribution in [1.82, 2.24) is 4.90 Å². The maximum Gasteiger partial charge on any atom is 0.410 e. The number of carbonyl (C=O) groups excluding carboxylic acids is 1. The lowest BCUT2D eigenvalue weighted by Gasteiger charge is -2.24. The van der Waals surface area contributed by atoms with Crippen LogP contribution in [0.3, 0.4) is 0 Å². The highest BCUT2D eigenvalue weighted by molar-refractivity contribution is 6.30. The van der Waals surface area contributed by atoms with Crippen molar-refractivity contribution in [3.05, 3.63) is 34.9 Å². The Balaban J connectivity index is 1.86. The van der Waals surface area contributed by atoms with Crippen LogP contribution in [0, 0.1) is 5.92 Å². The highest BCUT2D eigenvalue weighted by atomic mass is 35.5. The maximum atomic E-state index is 12.0. The van der Waals surface area contributed by atoms with Crippen LogP contribution in [0.1, 0.15) is 32.8 Å². The summed E-state index contributed by atoms with van der Waals surface area (Å²) in [4.78, 5) is 13.8. The van der Waals surface area contributed by atoms with Gasteiger partial charge in [-0.2, -0.15) is 0 Å². The zero-order valence-corrected chi connectivity index (χ0v) is 13.1. The Morgan fingerprint density at radius 2 is 2.00 bits per heavy atom. The Kier molecular flexibility index (Phi) is 4.59. The van der Waals surface area contributed by atoms with E-state index in [2.05, 4.69) is 12.1 Å². The molecule has 0 radical (unpaired) electrons. The summed E-state index contributed by atoms with van der Waals surface area (Å²) in [5, 5.41) is 0.760. The van der Waals surface area contributed by atoms with Crippen LogP contribution >= 0.6 is 11.6 Å². The van der Waals surface area contributed by atoms with Gasteiger partial charge >= 0.3 is 6.09 Å². The first-order valence-electron chi connectivity index (χ1n) is 7.06. The summed E-state index contributed by atoms with van der Waals surface area (Å²) < 4.78 is 5.41. The molecule has 1 heterocycles. The van der Waals surface area contributed by atoms with E-state index in [4.69, 9.17) is 16.3 Å². The Morgan fingerprint density at radius 3 is 2.60 bits per heavy atom. The molecule has 1 saturated heterocycles. The predicted molar refractivity (Wildman–Crippen MR) is 81.1 cm³/mol. The van der Waals surface area contributed by atoms with E-state index in [1.54, 1.807) is 0 Å². The van der Waals surface area contributed by atoms with Crippen molar-refractivity contribution in [2.75, 3.05) is 13.1 Å². The second kappa shape index (κ2) is 6.04. The molecule has 1 aliphatic heterocycles. The SMILES string of the molecule is CC(C)(C)OC(=O)N1CCC(Cc2ccc(Cl)cc2)C1. The number of rotatable bonds is 2. The van der Waals surface area contributed by atoms with Gasteiger partial charge in [0.05, 0.1) is 0 Å². The Bertz CT molecular complexity index is 464. The monoisotopic (exact) mass is 295 g/mol. The lowest BCUT2D eigenvalue weighted by Crippen LogP contribution is -2.35. The van der Waals surface area contributed by atoms with Crippen molar-refractivity contribution in [2.24, 2.45) is 5.92 Å². The standard InChI is InChI=1S/C16H22ClNO2/c1-16(2,3)20-15(19)18-9-8-13(11-18)10-12-4-6-14(17)7-5-12/h4-7,13H,8-11H2,1-3H3. The molecule has 1 fully saturated rings. The average molecular weight is 296 g/mol. The van der Waals surface area contributed by atoms with Gasteiger partial charge in [-0.25, -0.2) is 4.79 Å². The van der Waals surface area contributed by atoms with E-state index in [1.807, 2.05) is 37.8 Å². The molecule has 2 rings (SSSR count). The van der Waals surface area contributed by atoms with E-state index in [1.165, 1.54) is 5.56 Å². The number of hydrogen-bond acceptors (Lipinski definition) is 2. The van der Waals surface area contributed by atoms with Crippen molar-refractivity contribution in [2.45, 2.75) is 39.2 Å². The van der Waals surface area contributed by atoms with E-state index in [-0.39, 0.29) is 6.09 Å². The van der Waals surface area contributed by atoms with Crippen LogP contribution in [-0.4, -0.2) is 29.7 Å². The summed E-state index contributed by atoms with van der Waals surface area (Å²) >= 11 is 5.89. The molecule has 3 nitrogen and oxygen atoms in total. The van der Waals surface area contributed by atoms with Gasteiger partial charge in [-0.05, 0) is 57.2 Å². The van der Waals surface area contributed by atoms with Crippen LogP contribution in [0.15, 0.2) is 24.3 Å². The predicted octanol–water partition coefficient (Wildman–Crippen LogP) is 4.14. The summed E-state index contributed by atoms with van der Waals surface area (Å²) in [5.41, 5.74) is 0.844. The third-order valence-electron chi connectivity index (χ3n) is 3.38. The molecule has 0 aliphatic carbocycles. The number of nitrogens with zero attached hydrogens (tertiary/aromatic N) is 1. The number of benzene rings is 1. The molecule has 1 amide bonds. The Hall–Kier alpha value is -1.22. The highest BCUT2D eigenvalue weighted by Crippen LogP contribution is 2.23. The van der Waals surface area contributed by atoms with Crippen LogP contribution < -0.4 is 0 Å². The van der Waals surface area contributed by atoms with Crippen LogP contribution in [0.25, 0.3) is 0 Å². The molecule has 4 heteroatoms. The van der Waals surface area contributed by atoms with Crippen molar-refractivity contribution in [1.29, 1.82) is 0 Å². The van der Waals surface area contributed by atoms with Crippen LogP contribution in [0.2, 0.25) is 5.02 Å². The van der Waals surface area contributed by atoms with Crippen molar-refractivity contribution in [3.8, 4) is 0 Å².